The van der Waals surface area contributed by atoms with Crippen molar-refractivity contribution in [2.45, 2.75) is 32.4 Å². The molecule has 1 unspecified atom stereocenters. The smallest absolute Gasteiger partial charge is 0.315 e. The van der Waals surface area contributed by atoms with Gasteiger partial charge in [-0.3, -0.25) is 4.79 Å². The molecule has 6 nitrogen and oxygen atoms in total. The fourth-order valence-corrected chi connectivity index (χ4v) is 2.91. The van der Waals surface area contributed by atoms with Crippen molar-refractivity contribution in [2.75, 3.05) is 26.2 Å². The molecule has 132 valence electrons. The molecule has 1 fully saturated rings. The summed E-state index contributed by atoms with van der Waals surface area (Å²) in [4.78, 5) is 26.6. The third kappa shape index (κ3) is 5.79. The minimum atomic E-state index is -0.460. The number of rotatable bonds is 6. The van der Waals surface area contributed by atoms with Gasteiger partial charge in [0, 0.05) is 37.2 Å². The first kappa shape index (κ1) is 18.7. The molecule has 0 bridgehead atoms. The van der Waals surface area contributed by atoms with E-state index >= 15 is 0 Å². The number of amides is 3. The van der Waals surface area contributed by atoms with Gasteiger partial charge in [0.1, 0.15) is 6.04 Å². The summed E-state index contributed by atoms with van der Waals surface area (Å²) in [5, 5.41) is 8.87. The largest absolute Gasteiger partial charge is 0.338 e. The van der Waals surface area contributed by atoms with E-state index in [1.54, 1.807) is 0 Å². The number of halogens is 1. The van der Waals surface area contributed by atoms with Gasteiger partial charge >= 0.3 is 6.03 Å². The lowest BCUT2D eigenvalue weighted by Crippen LogP contribution is -2.55. The molecule has 0 radical (unpaired) electrons. The number of hydrogen-bond acceptors (Lipinski definition) is 3. The van der Waals surface area contributed by atoms with E-state index in [2.05, 4.69) is 31.9 Å². The van der Waals surface area contributed by atoms with Crippen molar-refractivity contribution in [1.82, 2.24) is 20.9 Å². The van der Waals surface area contributed by atoms with Crippen molar-refractivity contribution in [3.8, 4) is 0 Å². The Morgan fingerprint density at radius 1 is 1.25 bits per heavy atom. The van der Waals surface area contributed by atoms with Crippen LogP contribution in [0.25, 0.3) is 0 Å². The molecule has 0 saturated carbocycles. The molecular formula is C17H25BrN4O2. The molecule has 24 heavy (non-hydrogen) atoms. The normalized spacial score (nSPS) is 15.7. The molecule has 0 aromatic heterocycles. The second-order valence-corrected chi connectivity index (χ2v) is 6.79. The number of carbonyl (C=O) groups excluding carboxylic acids is 2. The number of benzene rings is 1. The van der Waals surface area contributed by atoms with Gasteiger partial charge in [-0.15, -0.1) is 0 Å². The van der Waals surface area contributed by atoms with Crippen LogP contribution in [0.4, 0.5) is 4.79 Å². The van der Waals surface area contributed by atoms with Crippen LogP contribution >= 0.6 is 15.9 Å². The lowest BCUT2D eigenvalue weighted by atomic mass is 10.1. The van der Waals surface area contributed by atoms with Gasteiger partial charge in [-0.05, 0) is 24.1 Å². The van der Waals surface area contributed by atoms with E-state index in [-0.39, 0.29) is 11.9 Å². The third-order valence-corrected chi connectivity index (χ3v) is 4.50. The number of nitrogens with zero attached hydrogens (tertiary/aromatic N) is 1. The van der Waals surface area contributed by atoms with Crippen LogP contribution in [0, 0.1) is 0 Å². The minimum Gasteiger partial charge on any atom is -0.338 e. The SMILES string of the molecule is CCCC(NC(=O)NCc1ccc(Br)cc1)C(=O)N1CCNCC1. The highest BCUT2D eigenvalue weighted by atomic mass is 79.9. The van der Waals surface area contributed by atoms with E-state index in [1.807, 2.05) is 36.1 Å². The zero-order valence-corrected chi connectivity index (χ0v) is 15.6. The Morgan fingerprint density at radius 3 is 2.54 bits per heavy atom. The van der Waals surface area contributed by atoms with Gasteiger partial charge in [-0.2, -0.15) is 0 Å². The molecule has 2 rings (SSSR count). The van der Waals surface area contributed by atoms with Gasteiger partial charge in [0.05, 0.1) is 0 Å². The van der Waals surface area contributed by atoms with E-state index in [9.17, 15) is 9.59 Å². The Kier molecular flexibility index (Phi) is 7.52. The highest BCUT2D eigenvalue weighted by molar-refractivity contribution is 9.10. The molecule has 1 saturated heterocycles. The average Bonchev–Trinajstić information content (AvgIpc) is 2.61. The zero-order valence-electron chi connectivity index (χ0n) is 14.0. The van der Waals surface area contributed by atoms with Gasteiger partial charge in [0.25, 0.3) is 0 Å². The number of carbonyl (C=O) groups is 2. The lowest BCUT2D eigenvalue weighted by molar-refractivity contribution is -0.133. The van der Waals surface area contributed by atoms with Gasteiger partial charge < -0.3 is 20.9 Å². The summed E-state index contributed by atoms with van der Waals surface area (Å²) in [6.45, 7) is 5.45. The van der Waals surface area contributed by atoms with Crippen LogP contribution < -0.4 is 16.0 Å². The summed E-state index contributed by atoms with van der Waals surface area (Å²) in [6, 6.07) is 6.99. The third-order valence-electron chi connectivity index (χ3n) is 3.98. The van der Waals surface area contributed by atoms with E-state index in [4.69, 9.17) is 0 Å². The van der Waals surface area contributed by atoms with Crippen LogP contribution in [0.5, 0.6) is 0 Å². The number of urea groups is 1. The van der Waals surface area contributed by atoms with Crippen LogP contribution in [0.2, 0.25) is 0 Å². The molecule has 0 spiro atoms. The molecule has 7 heteroatoms. The number of nitrogens with one attached hydrogen (secondary N) is 3. The Morgan fingerprint density at radius 2 is 1.92 bits per heavy atom. The Bertz CT molecular complexity index is 544. The van der Waals surface area contributed by atoms with Gasteiger partial charge in [-0.25, -0.2) is 4.79 Å². The first-order chi connectivity index (χ1) is 11.6. The zero-order chi connectivity index (χ0) is 17.4. The van der Waals surface area contributed by atoms with E-state index in [0.717, 1.165) is 29.5 Å². The molecule has 0 aliphatic carbocycles. The molecule has 1 aromatic carbocycles. The maximum atomic E-state index is 12.6. The summed E-state index contributed by atoms with van der Waals surface area (Å²) >= 11 is 3.38. The molecule has 1 atom stereocenters. The highest BCUT2D eigenvalue weighted by Crippen LogP contribution is 2.10. The summed E-state index contributed by atoms with van der Waals surface area (Å²) in [6.07, 6.45) is 1.49. The predicted octanol–water partition coefficient (Wildman–Crippen LogP) is 1.85. The van der Waals surface area contributed by atoms with E-state index in [0.29, 0.717) is 26.1 Å². The summed E-state index contributed by atoms with van der Waals surface area (Å²) in [5.74, 6) is 0.0112. The van der Waals surface area contributed by atoms with Gasteiger partial charge in [-0.1, -0.05) is 41.4 Å². The Balaban J connectivity index is 1.85. The summed E-state index contributed by atoms with van der Waals surface area (Å²) in [5.41, 5.74) is 1.01. The lowest BCUT2D eigenvalue weighted by Gasteiger charge is -2.31. The molecule has 1 aliphatic rings. The maximum Gasteiger partial charge on any atom is 0.315 e. The molecule has 1 aliphatic heterocycles. The topological polar surface area (TPSA) is 73.5 Å². The Labute approximate surface area is 151 Å². The predicted molar refractivity (Wildman–Crippen MR) is 97.7 cm³/mol. The standard InChI is InChI=1S/C17H25BrN4O2/c1-2-3-15(16(23)22-10-8-19-9-11-22)21-17(24)20-12-13-4-6-14(18)7-5-13/h4-7,15,19H,2-3,8-12H2,1H3,(H2,20,21,24). The van der Waals surface area contributed by atoms with E-state index < -0.39 is 6.04 Å². The van der Waals surface area contributed by atoms with Crippen molar-refractivity contribution in [3.63, 3.8) is 0 Å². The monoisotopic (exact) mass is 396 g/mol. The van der Waals surface area contributed by atoms with Gasteiger partial charge in [0.2, 0.25) is 5.91 Å². The number of hydrogen-bond donors (Lipinski definition) is 3. The van der Waals surface area contributed by atoms with Crippen LogP contribution in [-0.2, 0) is 11.3 Å². The second kappa shape index (κ2) is 9.64. The summed E-state index contributed by atoms with van der Waals surface area (Å²) < 4.78 is 1.00. The molecule has 3 N–H and O–H groups in total. The van der Waals surface area contributed by atoms with E-state index in [1.165, 1.54) is 0 Å². The first-order valence-corrected chi connectivity index (χ1v) is 9.17. The number of piperazine rings is 1. The molecule has 1 heterocycles. The second-order valence-electron chi connectivity index (χ2n) is 5.87. The van der Waals surface area contributed by atoms with Crippen LogP contribution in [0.1, 0.15) is 25.3 Å². The van der Waals surface area contributed by atoms with Crippen molar-refractivity contribution < 1.29 is 9.59 Å². The Hall–Kier alpha value is -1.60. The van der Waals surface area contributed by atoms with Crippen molar-refractivity contribution >= 4 is 27.9 Å². The average molecular weight is 397 g/mol. The fraction of sp³-hybridized carbons (Fsp3) is 0.529. The van der Waals surface area contributed by atoms with Crippen LogP contribution in [0.15, 0.2) is 28.7 Å². The van der Waals surface area contributed by atoms with Crippen molar-refractivity contribution in [2.24, 2.45) is 0 Å². The fourth-order valence-electron chi connectivity index (χ4n) is 2.65. The molecule has 3 amide bonds. The van der Waals surface area contributed by atoms with Gasteiger partial charge in [0.15, 0.2) is 0 Å². The van der Waals surface area contributed by atoms with Crippen molar-refractivity contribution in [1.29, 1.82) is 0 Å². The molecular weight excluding hydrogens is 372 g/mol. The first-order valence-electron chi connectivity index (χ1n) is 8.38. The van der Waals surface area contributed by atoms with Crippen molar-refractivity contribution in [3.05, 3.63) is 34.3 Å². The highest BCUT2D eigenvalue weighted by Gasteiger charge is 2.26. The van der Waals surface area contributed by atoms with Crippen LogP contribution in [0.3, 0.4) is 0 Å². The molecule has 1 aromatic rings. The minimum absolute atomic E-state index is 0.0112. The maximum absolute atomic E-state index is 12.6. The van der Waals surface area contributed by atoms with Crippen LogP contribution in [-0.4, -0.2) is 49.1 Å². The quantitative estimate of drug-likeness (QED) is 0.686. The summed E-state index contributed by atoms with van der Waals surface area (Å²) in [7, 11) is 0.